The zero-order valence-electron chi connectivity index (χ0n) is 13.1. The van der Waals surface area contributed by atoms with Crippen LogP contribution in [0.3, 0.4) is 0 Å². The van der Waals surface area contributed by atoms with Crippen molar-refractivity contribution in [3.63, 3.8) is 0 Å². The molecule has 0 radical (unpaired) electrons. The minimum Gasteiger partial charge on any atom is -0.506 e. The maximum absolute atomic E-state index is 12.4. The van der Waals surface area contributed by atoms with Gasteiger partial charge in [0.15, 0.2) is 5.58 Å². The van der Waals surface area contributed by atoms with E-state index in [0.717, 1.165) is 55.3 Å². The van der Waals surface area contributed by atoms with Gasteiger partial charge < -0.3 is 14.4 Å². The van der Waals surface area contributed by atoms with Gasteiger partial charge in [-0.05, 0) is 37.3 Å². The highest BCUT2D eigenvalue weighted by Gasteiger charge is 2.26. The number of rotatable bonds is 2. The van der Waals surface area contributed by atoms with Gasteiger partial charge in [-0.25, -0.2) is 4.79 Å². The van der Waals surface area contributed by atoms with Crippen LogP contribution in [0.1, 0.15) is 42.4 Å². The van der Waals surface area contributed by atoms with E-state index < -0.39 is 0 Å². The molecule has 0 saturated carbocycles. The molecule has 1 aromatic carbocycles. The molecular weight excluding hydrogens is 314 g/mol. The summed E-state index contributed by atoms with van der Waals surface area (Å²) in [5, 5.41) is 11.7. The molecule has 122 valence electrons. The summed E-state index contributed by atoms with van der Waals surface area (Å²) in [6.07, 6.45) is 6.17. The number of quaternary nitrogens is 1. The minimum atomic E-state index is -0.244. The lowest BCUT2D eigenvalue weighted by molar-refractivity contribution is -0.901. The SMILES string of the molecule is O=c1oc2c(C[NH+]3CCCC3)c(O)c(Cl)cc2c2c1CCCC2. The lowest BCUT2D eigenvalue weighted by Crippen LogP contribution is -3.08. The predicted molar refractivity (Wildman–Crippen MR) is 89.4 cm³/mol. The molecule has 2 aromatic rings. The molecule has 1 aromatic heterocycles. The number of aromatic hydroxyl groups is 1. The van der Waals surface area contributed by atoms with E-state index >= 15 is 0 Å². The van der Waals surface area contributed by atoms with Crippen LogP contribution in [0, 0.1) is 0 Å². The largest absolute Gasteiger partial charge is 0.506 e. The van der Waals surface area contributed by atoms with Crippen LogP contribution < -0.4 is 10.5 Å². The van der Waals surface area contributed by atoms with Crippen LogP contribution in [-0.4, -0.2) is 18.2 Å². The van der Waals surface area contributed by atoms with Crippen molar-refractivity contribution in [2.75, 3.05) is 13.1 Å². The van der Waals surface area contributed by atoms with E-state index in [9.17, 15) is 9.90 Å². The summed E-state index contributed by atoms with van der Waals surface area (Å²) in [6, 6.07) is 1.77. The van der Waals surface area contributed by atoms with E-state index in [1.54, 1.807) is 6.07 Å². The summed E-state index contributed by atoms with van der Waals surface area (Å²) >= 11 is 6.28. The first-order valence-electron chi connectivity index (χ1n) is 8.47. The van der Waals surface area contributed by atoms with Gasteiger partial charge in [0.05, 0.1) is 23.7 Å². The number of hydrogen-bond donors (Lipinski definition) is 2. The Bertz CT molecular complexity index is 821. The summed E-state index contributed by atoms with van der Waals surface area (Å²) in [7, 11) is 0. The molecule has 23 heavy (non-hydrogen) atoms. The number of phenolic OH excluding ortho intramolecular Hbond substituents is 1. The van der Waals surface area contributed by atoms with E-state index in [1.165, 1.54) is 17.7 Å². The second-order valence-corrected chi connectivity index (χ2v) is 7.16. The standard InChI is InChI=1S/C18H20ClNO3/c19-15-9-13-11-5-1-2-6-12(11)18(22)23-17(13)14(16(15)21)10-20-7-3-4-8-20/h9,21H,1-8,10H2/p+1. The van der Waals surface area contributed by atoms with Gasteiger partial charge in [-0.15, -0.1) is 0 Å². The van der Waals surface area contributed by atoms with Crippen LogP contribution >= 0.6 is 11.6 Å². The predicted octanol–water partition coefficient (Wildman–Crippen LogP) is 2.21. The summed E-state index contributed by atoms with van der Waals surface area (Å²) in [4.78, 5) is 13.8. The molecule has 2 aliphatic rings. The number of aryl methyl sites for hydroxylation is 1. The minimum absolute atomic E-state index is 0.0671. The third kappa shape index (κ3) is 2.54. The van der Waals surface area contributed by atoms with Crippen LogP contribution in [-0.2, 0) is 19.4 Å². The number of hydrogen-bond acceptors (Lipinski definition) is 3. The van der Waals surface area contributed by atoms with Crippen molar-refractivity contribution in [2.45, 2.75) is 45.1 Å². The Morgan fingerprint density at radius 1 is 1.13 bits per heavy atom. The number of phenols is 1. The first-order valence-corrected chi connectivity index (χ1v) is 8.85. The molecule has 5 heteroatoms. The van der Waals surface area contributed by atoms with Crippen LogP contribution in [0.4, 0.5) is 0 Å². The molecule has 2 heterocycles. The average Bonchev–Trinajstić information content (AvgIpc) is 3.06. The maximum atomic E-state index is 12.4. The van der Waals surface area contributed by atoms with Gasteiger partial charge in [0.2, 0.25) is 0 Å². The van der Waals surface area contributed by atoms with Crippen LogP contribution in [0.5, 0.6) is 5.75 Å². The number of benzene rings is 1. The van der Waals surface area contributed by atoms with Crippen molar-refractivity contribution >= 4 is 22.6 Å². The van der Waals surface area contributed by atoms with E-state index in [2.05, 4.69) is 0 Å². The van der Waals surface area contributed by atoms with Crippen molar-refractivity contribution in [1.82, 2.24) is 0 Å². The molecule has 0 amide bonds. The Hall–Kier alpha value is -1.52. The molecule has 0 atom stereocenters. The molecule has 1 aliphatic heterocycles. The molecular formula is C18H21ClNO3+. The average molecular weight is 335 g/mol. The van der Waals surface area contributed by atoms with Crippen molar-refractivity contribution < 1.29 is 14.4 Å². The van der Waals surface area contributed by atoms with Gasteiger partial charge in [0, 0.05) is 23.8 Å². The molecule has 0 unspecified atom stereocenters. The van der Waals surface area contributed by atoms with Crippen molar-refractivity contribution in [1.29, 1.82) is 0 Å². The Kier molecular flexibility index (Phi) is 3.82. The van der Waals surface area contributed by atoms with Crippen LogP contribution in [0.25, 0.3) is 11.0 Å². The number of halogens is 1. The van der Waals surface area contributed by atoms with E-state index in [-0.39, 0.29) is 11.4 Å². The fourth-order valence-electron chi connectivity index (χ4n) is 4.06. The Balaban J connectivity index is 1.95. The number of fused-ring (bicyclic) bond motifs is 3. The second-order valence-electron chi connectivity index (χ2n) is 6.75. The van der Waals surface area contributed by atoms with Gasteiger partial charge in [-0.3, -0.25) is 0 Å². The molecule has 1 saturated heterocycles. The smallest absolute Gasteiger partial charge is 0.339 e. The second kappa shape index (κ2) is 5.84. The van der Waals surface area contributed by atoms with Gasteiger partial charge in [0.25, 0.3) is 0 Å². The lowest BCUT2D eigenvalue weighted by Gasteiger charge is -2.19. The molecule has 0 bridgehead atoms. The fourth-order valence-corrected chi connectivity index (χ4v) is 4.29. The topological polar surface area (TPSA) is 54.9 Å². The molecule has 0 spiro atoms. The molecule has 4 nitrogen and oxygen atoms in total. The van der Waals surface area contributed by atoms with Crippen molar-refractivity contribution in [2.24, 2.45) is 0 Å². The highest BCUT2D eigenvalue weighted by atomic mass is 35.5. The normalized spacial score (nSPS) is 18.5. The van der Waals surface area contributed by atoms with Crippen molar-refractivity contribution in [3.8, 4) is 5.75 Å². The summed E-state index contributed by atoms with van der Waals surface area (Å²) in [5.41, 5.74) is 2.85. The highest BCUT2D eigenvalue weighted by Crippen LogP contribution is 2.37. The van der Waals surface area contributed by atoms with Crippen molar-refractivity contribution in [3.05, 3.63) is 38.2 Å². The van der Waals surface area contributed by atoms with E-state index in [1.807, 2.05) is 0 Å². The van der Waals surface area contributed by atoms with E-state index in [4.69, 9.17) is 16.0 Å². The monoisotopic (exact) mass is 334 g/mol. The van der Waals surface area contributed by atoms with Gasteiger partial charge >= 0.3 is 5.63 Å². The number of likely N-dealkylation sites (tertiary alicyclic amines) is 1. The van der Waals surface area contributed by atoms with Crippen LogP contribution in [0.2, 0.25) is 5.02 Å². The third-order valence-electron chi connectivity index (χ3n) is 5.27. The first kappa shape index (κ1) is 15.0. The Morgan fingerprint density at radius 2 is 1.83 bits per heavy atom. The zero-order valence-corrected chi connectivity index (χ0v) is 13.8. The lowest BCUT2D eigenvalue weighted by atomic mass is 9.90. The highest BCUT2D eigenvalue weighted by molar-refractivity contribution is 6.33. The summed E-state index contributed by atoms with van der Waals surface area (Å²) in [5.74, 6) is 0.0671. The molecule has 1 fully saturated rings. The van der Waals surface area contributed by atoms with Gasteiger partial charge in [-0.1, -0.05) is 11.6 Å². The third-order valence-corrected chi connectivity index (χ3v) is 5.56. The van der Waals surface area contributed by atoms with Gasteiger partial charge in [0.1, 0.15) is 12.3 Å². The summed E-state index contributed by atoms with van der Waals surface area (Å²) in [6.45, 7) is 2.83. The summed E-state index contributed by atoms with van der Waals surface area (Å²) < 4.78 is 5.65. The van der Waals surface area contributed by atoms with E-state index in [0.29, 0.717) is 22.7 Å². The quantitative estimate of drug-likeness (QED) is 0.828. The first-order chi connectivity index (χ1) is 11.1. The molecule has 1 aliphatic carbocycles. The fraction of sp³-hybridized carbons (Fsp3) is 0.500. The molecule has 2 N–H and O–H groups in total. The maximum Gasteiger partial charge on any atom is 0.339 e. The molecule has 4 rings (SSSR count). The zero-order chi connectivity index (χ0) is 16.0. The number of nitrogens with one attached hydrogen (secondary N) is 1. The van der Waals surface area contributed by atoms with Crippen LogP contribution in [0.15, 0.2) is 15.3 Å². The van der Waals surface area contributed by atoms with Gasteiger partial charge in [-0.2, -0.15) is 0 Å². The Labute approximate surface area is 139 Å². The Morgan fingerprint density at radius 3 is 2.57 bits per heavy atom.